The number of sulfonamides is 1. The number of rotatable bonds is 2. The first-order valence-electron chi connectivity index (χ1n) is 5.24. The molecule has 1 fully saturated rings. The molecule has 0 aromatic carbocycles. The number of carbonyl (C=O) groups excluding carboxylic acids is 1. The number of nitrogens with one attached hydrogen (secondary N) is 2. The summed E-state index contributed by atoms with van der Waals surface area (Å²) in [6.07, 6.45) is 1.27. The molecule has 1 aliphatic rings. The predicted octanol–water partition coefficient (Wildman–Crippen LogP) is -0.773. The van der Waals surface area contributed by atoms with E-state index >= 15 is 0 Å². The molecule has 1 aromatic rings. The van der Waals surface area contributed by atoms with Crippen molar-refractivity contribution in [2.24, 2.45) is 0 Å². The maximum atomic E-state index is 12.3. The molecular formula is C9H14N4O3S. The number of amides is 1. The highest BCUT2D eigenvalue weighted by Crippen LogP contribution is 2.20. The number of nitrogens with zero attached hydrogens (tertiary/aromatic N) is 2. The van der Waals surface area contributed by atoms with Crippen LogP contribution >= 0.6 is 0 Å². The third kappa shape index (κ3) is 1.93. The van der Waals surface area contributed by atoms with Gasteiger partial charge in [-0.05, 0) is 13.8 Å². The molecule has 1 amide bonds. The Morgan fingerprint density at radius 2 is 2.24 bits per heavy atom. The molecule has 1 saturated heterocycles. The van der Waals surface area contributed by atoms with Gasteiger partial charge in [-0.25, -0.2) is 8.42 Å². The number of hydrogen-bond acceptors (Lipinski definition) is 4. The minimum Gasteiger partial charge on any atom is -0.353 e. The lowest BCUT2D eigenvalue weighted by Crippen LogP contribution is -2.55. The number of carbonyl (C=O) groups is 1. The van der Waals surface area contributed by atoms with Crippen LogP contribution in [-0.2, 0) is 14.8 Å². The molecule has 2 heterocycles. The van der Waals surface area contributed by atoms with Crippen LogP contribution in [0, 0.1) is 6.92 Å². The number of H-pyrrole nitrogens is 1. The first kappa shape index (κ1) is 12.1. The van der Waals surface area contributed by atoms with Crippen molar-refractivity contribution in [3.8, 4) is 0 Å². The monoisotopic (exact) mass is 258 g/mol. The van der Waals surface area contributed by atoms with E-state index in [1.807, 2.05) is 0 Å². The Kier molecular flexibility index (Phi) is 2.92. The number of hydrogen-bond donors (Lipinski definition) is 2. The highest BCUT2D eigenvalue weighted by atomic mass is 32.2. The first-order chi connectivity index (χ1) is 7.94. The second-order valence-electron chi connectivity index (χ2n) is 3.94. The molecule has 17 heavy (non-hydrogen) atoms. The third-order valence-electron chi connectivity index (χ3n) is 2.81. The molecule has 0 radical (unpaired) electrons. The van der Waals surface area contributed by atoms with Crippen LogP contribution in [0.4, 0.5) is 0 Å². The van der Waals surface area contributed by atoms with Crippen molar-refractivity contribution in [2.45, 2.75) is 24.8 Å². The van der Waals surface area contributed by atoms with Gasteiger partial charge in [-0.1, -0.05) is 0 Å². The van der Waals surface area contributed by atoms with E-state index in [-0.39, 0.29) is 17.3 Å². The summed E-state index contributed by atoms with van der Waals surface area (Å²) in [7, 11) is -3.65. The topological polar surface area (TPSA) is 95.2 Å². The summed E-state index contributed by atoms with van der Waals surface area (Å²) in [4.78, 5) is 11.6. The molecule has 2 N–H and O–H groups in total. The van der Waals surface area contributed by atoms with Crippen molar-refractivity contribution in [3.05, 3.63) is 11.9 Å². The summed E-state index contributed by atoms with van der Waals surface area (Å²) >= 11 is 0. The van der Waals surface area contributed by atoms with Gasteiger partial charge < -0.3 is 5.32 Å². The number of aromatic nitrogens is 2. The largest absolute Gasteiger partial charge is 0.353 e. The second-order valence-corrected chi connectivity index (χ2v) is 5.80. The van der Waals surface area contributed by atoms with Gasteiger partial charge in [0.2, 0.25) is 15.9 Å². The summed E-state index contributed by atoms with van der Waals surface area (Å²) in [6.45, 7) is 3.81. The fourth-order valence-electron chi connectivity index (χ4n) is 1.82. The lowest BCUT2D eigenvalue weighted by Gasteiger charge is -2.31. The fourth-order valence-corrected chi connectivity index (χ4v) is 3.53. The summed E-state index contributed by atoms with van der Waals surface area (Å²) in [6, 6.07) is -0.692. The maximum absolute atomic E-state index is 12.3. The van der Waals surface area contributed by atoms with Gasteiger partial charge in [0.1, 0.15) is 10.9 Å². The van der Waals surface area contributed by atoms with E-state index in [0.717, 1.165) is 0 Å². The van der Waals surface area contributed by atoms with Gasteiger partial charge in [0.05, 0.1) is 11.9 Å². The maximum Gasteiger partial charge on any atom is 0.247 e. The Balaban J connectivity index is 2.39. The molecule has 1 aromatic heterocycles. The SMILES string of the molecule is Cc1[nH]ncc1S(=O)(=O)N1CCNC(=O)C1C. The molecule has 0 saturated carbocycles. The molecule has 7 nitrogen and oxygen atoms in total. The average Bonchev–Trinajstić information content (AvgIpc) is 2.69. The predicted molar refractivity (Wildman–Crippen MR) is 59.7 cm³/mol. The lowest BCUT2D eigenvalue weighted by molar-refractivity contribution is -0.126. The standard InChI is InChI=1S/C9H14N4O3S/c1-6-8(5-11-12-6)17(15,16)13-4-3-10-9(14)7(13)2/h5,7H,3-4H2,1-2H3,(H,10,14)(H,11,12). The Morgan fingerprint density at radius 3 is 2.82 bits per heavy atom. The summed E-state index contributed by atoms with van der Waals surface area (Å²) in [5.74, 6) is -0.277. The van der Waals surface area contributed by atoms with Gasteiger partial charge in [0.25, 0.3) is 0 Å². The van der Waals surface area contributed by atoms with Crippen LogP contribution in [0.5, 0.6) is 0 Å². The van der Waals surface area contributed by atoms with Gasteiger partial charge >= 0.3 is 0 Å². The highest BCUT2D eigenvalue weighted by molar-refractivity contribution is 7.89. The van der Waals surface area contributed by atoms with Crippen LogP contribution in [0.3, 0.4) is 0 Å². The summed E-state index contributed by atoms with van der Waals surface area (Å²) in [5, 5.41) is 8.90. The molecule has 0 spiro atoms. The highest BCUT2D eigenvalue weighted by Gasteiger charge is 2.36. The van der Waals surface area contributed by atoms with E-state index in [2.05, 4.69) is 15.5 Å². The summed E-state index contributed by atoms with van der Waals surface area (Å²) in [5.41, 5.74) is 0.475. The van der Waals surface area contributed by atoms with E-state index in [0.29, 0.717) is 12.2 Å². The number of aryl methyl sites for hydroxylation is 1. The van der Waals surface area contributed by atoms with Crippen LogP contribution in [0.25, 0.3) is 0 Å². The van der Waals surface area contributed by atoms with Gasteiger partial charge in [0, 0.05) is 13.1 Å². The van der Waals surface area contributed by atoms with Gasteiger partial charge in [-0.2, -0.15) is 9.40 Å². The minimum atomic E-state index is -3.65. The molecule has 0 bridgehead atoms. The molecular weight excluding hydrogens is 244 g/mol. The number of piperazine rings is 1. The zero-order valence-corrected chi connectivity index (χ0v) is 10.4. The number of aromatic amines is 1. The van der Waals surface area contributed by atoms with Crippen molar-refractivity contribution in [3.63, 3.8) is 0 Å². The van der Waals surface area contributed by atoms with Crippen LogP contribution in [0.15, 0.2) is 11.1 Å². The molecule has 0 aliphatic carbocycles. The van der Waals surface area contributed by atoms with Crippen molar-refractivity contribution < 1.29 is 13.2 Å². The van der Waals surface area contributed by atoms with Crippen molar-refractivity contribution in [1.29, 1.82) is 0 Å². The van der Waals surface area contributed by atoms with E-state index in [9.17, 15) is 13.2 Å². The van der Waals surface area contributed by atoms with Crippen LogP contribution < -0.4 is 5.32 Å². The van der Waals surface area contributed by atoms with Gasteiger partial charge in [0.15, 0.2) is 0 Å². The van der Waals surface area contributed by atoms with Crippen molar-refractivity contribution in [1.82, 2.24) is 19.8 Å². The Bertz CT molecular complexity index is 536. The molecule has 94 valence electrons. The van der Waals surface area contributed by atoms with Crippen LogP contribution in [0.1, 0.15) is 12.6 Å². The van der Waals surface area contributed by atoms with E-state index in [4.69, 9.17) is 0 Å². The quantitative estimate of drug-likeness (QED) is 0.728. The third-order valence-corrected chi connectivity index (χ3v) is 4.90. The molecule has 8 heteroatoms. The Hall–Kier alpha value is -1.41. The summed E-state index contributed by atoms with van der Waals surface area (Å²) < 4.78 is 25.8. The van der Waals surface area contributed by atoms with Crippen LogP contribution in [0.2, 0.25) is 0 Å². The Labute approximate surface area is 99.2 Å². The zero-order chi connectivity index (χ0) is 12.6. The fraction of sp³-hybridized carbons (Fsp3) is 0.556. The minimum absolute atomic E-state index is 0.124. The first-order valence-corrected chi connectivity index (χ1v) is 6.68. The average molecular weight is 258 g/mol. The Morgan fingerprint density at radius 1 is 1.53 bits per heavy atom. The molecule has 1 aliphatic heterocycles. The molecule has 1 unspecified atom stereocenters. The zero-order valence-electron chi connectivity index (χ0n) is 9.60. The van der Waals surface area contributed by atoms with Gasteiger partial charge in [-0.15, -0.1) is 0 Å². The van der Waals surface area contributed by atoms with Crippen LogP contribution in [-0.4, -0.2) is 48.0 Å². The second kappa shape index (κ2) is 4.11. The van der Waals surface area contributed by atoms with Crippen molar-refractivity contribution >= 4 is 15.9 Å². The van der Waals surface area contributed by atoms with Gasteiger partial charge in [-0.3, -0.25) is 9.89 Å². The normalized spacial score (nSPS) is 22.5. The lowest BCUT2D eigenvalue weighted by atomic mass is 10.2. The van der Waals surface area contributed by atoms with E-state index < -0.39 is 16.1 Å². The smallest absolute Gasteiger partial charge is 0.247 e. The molecule has 2 rings (SSSR count). The van der Waals surface area contributed by atoms with E-state index in [1.165, 1.54) is 10.5 Å². The van der Waals surface area contributed by atoms with E-state index in [1.54, 1.807) is 13.8 Å². The molecule has 1 atom stereocenters. The van der Waals surface area contributed by atoms with Crippen molar-refractivity contribution in [2.75, 3.05) is 13.1 Å².